The third kappa shape index (κ3) is 5.86. The van der Waals surface area contributed by atoms with Gasteiger partial charge in [0.25, 0.3) is 5.88 Å². The Morgan fingerprint density at radius 2 is 1.62 bits per heavy atom. The Balaban J connectivity index is 2.47. The van der Waals surface area contributed by atoms with Crippen molar-refractivity contribution >= 4 is 18.1 Å². The van der Waals surface area contributed by atoms with Crippen molar-refractivity contribution in [2.24, 2.45) is 5.92 Å². The molecular weight excluding hydrogens is 426 g/mol. The van der Waals surface area contributed by atoms with E-state index in [1.165, 1.54) is 32.4 Å². The summed E-state index contributed by atoms with van der Waals surface area (Å²) in [4.78, 5) is 37.1. The molecule has 2 aromatic rings. The number of hydrogen-bond acceptors (Lipinski definition) is 10. The van der Waals surface area contributed by atoms with Crippen LogP contribution in [0.4, 0.5) is 9.59 Å². The van der Waals surface area contributed by atoms with E-state index >= 15 is 0 Å². The van der Waals surface area contributed by atoms with Gasteiger partial charge in [-0.25, -0.2) is 9.59 Å². The van der Waals surface area contributed by atoms with Gasteiger partial charge in [0.2, 0.25) is 12.0 Å². The Labute approximate surface area is 184 Å². The first-order valence-electron chi connectivity index (χ1n) is 9.58. The van der Waals surface area contributed by atoms with Crippen molar-refractivity contribution in [1.82, 2.24) is 15.0 Å². The highest BCUT2D eigenvalue weighted by molar-refractivity contribution is 6.09. The topological polar surface area (TPSA) is 148 Å². The van der Waals surface area contributed by atoms with E-state index in [2.05, 4.69) is 14.9 Å². The Morgan fingerprint density at radius 1 is 0.969 bits per heavy atom. The summed E-state index contributed by atoms with van der Waals surface area (Å²) in [6, 6.07) is 4.36. The molecule has 2 rings (SSSR count). The van der Waals surface area contributed by atoms with Crippen LogP contribution in [0.25, 0.3) is 0 Å². The zero-order chi connectivity index (χ0) is 24.0. The number of aromatic nitrogens is 3. The summed E-state index contributed by atoms with van der Waals surface area (Å²) in [5, 5.41) is 17.0. The van der Waals surface area contributed by atoms with Crippen LogP contribution in [0.2, 0.25) is 0 Å². The van der Waals surface area contributed by atoms with Crippen molar-refractivity contribution in [3.8, 4) is 17.4 Å². The minimum atomic E-state index is -1.69. The maximum Gasteiger partial charge on any atom is 0.512 e. The van der Waals surface area contributed by atoms with Gasteiger partial charge in [-0.05, 0) is 32.0 Å². The molecule has 0 saturated carbocycles. The van der Waals surface area contributed by atoms with E-state index in [-0.39, 0.29) is 17.2 Å². The van der Waals surface area contributed by atoms with E-state index in [0.29, 0.717) is 5.75 Å². The molecule has 12 nitrogen and oxygen atoms in total. The molecule has 1 atom stereocenters. The highest BCUT2D eigenvalue weighted by atomic mass is 16.7. The van der Waals surface area contributed by atoms with E-state index in [1.54, 1.807) is 27.7 Å². The number of ether oxygens (including phenoxy) is 5. The number of hydrogen-bond donors (Lipinski definition) is 1. The average Bonchev–Trinajstić information content (AvgIpc) is 3.12. The molecule has 0 fully saturated rings. The zero-order valence-corrected chi connectivity index (χ0v) is 18.5. The lowest BCUT2D eigenvalue weighted by Crippen LogP contribution is -2.26. The molecule has 1 aromatic heterocycles. The summed E-state index contributed by atoms with van der Waals surface area (Å²) >= 11 is 0. The Bertz CT molecular complexity index is 985. The summed E-state index contributed by atoms with van der Waals surface area (Å²) in [5.74, 6) is -0.939. The number of benzene rings is 1. The number of carbonyl (C=O) groups is 3. The molecule has 1 aromatic carbocycles. The zero-order valence-electron chi connectivity index (χ0n) is 18.5. The number of carbonyl (C=O) groups excluding carboxylic acids is 2. The smallest absolute Gasteiger partial charge is 0.493 e. The third-order valence-electron chi connectivity index (χ3n) is 3.99. The van der Waals surface area contributed by atoms with Crippen molar-refractivity contribution in [2.45, 2.75) is 40.0 Å². The largest absolute Gasteiger partial charge is 0.512 e. The molecule has 0 spiro atoms. The summed E-state index contributed by atoms with van der Waals surface area (Å²) in [6.45, 7) is 6.72. The maximum absolute atomic E-state index is 13.1. The predicted octanol–water partition coefficient (Wildman–Crippen LogP) is 3.30. The third-order valence-corrected chi connectivity index (χ3v) is 3.99. The van der Waals surface area contributed by atoms with Crippen molar-refractivity contribution in [3.05, 3.63) is 29.5 Å². The molecule has 0 aliphatic carbocycles. The molecule has 174 valence electrons. The molecule has 0 aliphatic rings. The highest BCUT2D eigenvalue weighted by Crippen LogP contribution is 2.30. The van der Waals surface area contributed by atoms with Crippen molar-refractivity contribution in [3.63, 3.8) is 0 Å². The van der Waals surface area contributed by atoms with Crippen LogP contribution >= 0.6 is 0 Å². The van der Waals surface area contributed by atoms with E-state index < -0.39 is 42.0 Å². The van der Waals surface area contributed by atoms with Gasteiger partial charge in [-0.1, -0.05) is 13.8 Å². The molecule has 0 bridgehead atoms. The van der Waals surface area contributed by atoms with Crippen molar-refractivity contribution in [1.29, 1.82) is 0 Å². The van der Waals surface area contributed by atoms with Crippen LogP contribution in [0.5, 0.6) is 17.4 Å². The fourth-order valence-corrected chi connectivity index (χ4v) is 2.60. The average molecular weight is 451 g/mol. The van der Waals surface area contributed by atoms with Crippen LogP contribution < -0.4 is 14.2 Å². The lowest BCUT2D eigenvalue weighted by Gasteiger charge is -2.20. The number of ketones is 1. The fraction of sp³-hybridized carbons (Fsp3) is 0.450. The highest BCUT2D eigenvalue weighted by Gasteiger charge is 2.30. The van der Waals surface area contributed by atoms with E-state index in [1.807, 2.05) is 0 Å². The minimum absolute atomic E-state index is 0.117. The maximum atomic E-state index is 13.1. The van der Waals surface area contributed by atoms with Crippen LogP contribution in [0, 0.1) is 5.92 Å². The minimum Gasteiger partial charge on any atom is -0.493 e. The van der Waals surface area contributed by atoms with Crippen LogP contribution in [0.15, 0.2) is 18.2 Å². The molecule has 1 N–H and O–H groups in total. The standard InChI is InChI=1S/C20H25N3O9/c1-10(2)18(32-20(27)30-11(3)4)23-21-15(17(22-23)31-19(25)26)16(24)12-7-8-13(28-5)14(9-12)29-6/h7-11,18H,1-6H3,(H,25,26). The van der Waals surface area contributed by atoms with Crippen molar-refractivity contribution < 1.29 is 43.2 Å². The van der Waals surface area contributed by atoms with Gasteiger partial charge < -0.3 is 28.8 Å². The Kier molecular flexibility index (Phi) is 7.99. The quantitative estimate of drug-likeness (QED) is 0.442. The number of rotatable bonds is 9. The van der Waals surface area contributed by atoms with E-state index in [0.717, 1.165) is 4.80 Å². The Morgan fingerprint density at radius 3 is 2.16 bits per heavy atom. The SMILES string of the molecule is COc1ccc(C(=O)c2nn(C(OC(=O)OC(C)C)C(C)C)nc2OC(=O)O)cc1OC. The fourth-order valence-electron chi connectivity index (χ4n) is 2.60. The molecule has 1 unspecified atom stereocenters. The van der Waals surface area contributed by atoms with Crippen LogP contribution in [-0.4, -0.2) is 58.5 Å². The van der Waals surface area contributed by atoms with Gasteiger partial charge in [0, 0.05) is 11.5 Å². The monoisotopic (exact) mass is 451 g/mol. The Hall–Kier alpha value is -3.83. The second-order valence-electron chi connectivity index (χ2n) is 7.11. The number of methoxy groups -OCH3 is 2. The molecule has 32 heavy (non-hydrogen) atoms. The number of carboxylic acid groups (broad SMARTS) is 1. The van der Waals surface area contributed by atoms with Gasteiger partial charge >= 0.3 is 12.3 Å². The lowest BCUT2D eigenvalue weighted by molar-refractivity contribution is -0.0471. The molecule has 0 amide bonds. The normalized spacial score (nSPS) is 11.8. The summed E-state index contributed by atoms with van der Waals surface area (Å²) < 4.78 is 25.2. The van der Waals surface area contributed by atoms with Gasteiger partial charge in [-0.15, -0.1) is 15.0 Å². The molecule has 0 aliphatic heterocycles. The second kappa shape index (κ2) is 10.5. The first kappa shape index (κ1) is 24.4. The second-order valence-corrected chi connectivity index (χ2v) is 7.11. The molecule has 0 saturated heterocycles. The van der Waals surface area contributed by atoms with Gasteiger partial charge in [0.15, 0.2) is 17.2 Å². The van der Waals surface area contributed by atoms with Gasteiger partial charge in [-0.2, -0.15) is 0 Å². The number of nitrogens with zero attached hydrogens (tertiary/aromatic N) is 3. The van der Waals surface area contributed by atoms with Crippen LogP contribution in [0.1, 0.15) is 50.0 Å². The van der Waals surface area contributed by atoms with Crippen LogP contribution in [0.3, 0.4) is 0 Å². The summed E-state index contributed by atoms with van der Waals surface area (Å²) in [5.41, 5.74) is -0.280. The van der Waals surface area contributed by atoms with E-state index in [4.69, 9.17) is 24.1 Å². The van der Waals surface area contributed by atoms with Crippen molar-refractivity contribution in [2.75, 3.05) is 14.2 Å². The first-order chi connectivity index (χ1) is 15.1. The summed E-state index contributed by atoms with van der Waals surface area (Å²) in [7, 11) is 2.85. The molecule has 0 radical (unpaired) electrons. The first-order valence-corrected chi connectivity index (χ1v) is 9.58. The lowest BCUT2D eigenvalue weighted by atomic mass is 10.1. The predicted molar refractivity (Wildman–Crippen MR) is 108 cm³/mol. The van der Waals surface area contributed by atoms with Crippen LogP contribution in [-0.2, 0) is 9.47 Å². The summed E-state index contributed by atoms with van der Waals surface area (Å²) in [6.07, 6.45) is -4.18. The van der Waals surface area contributed by atoms with Gasteiger partial charge in [-0.3, -0.25) is 4.79 Å². The molecular formula is C20H25N3O9. The van der Waals surface area contributed by atoms with E-state index in [9.17, 15) is 14.4 Å². The molecule has 1 heterocycles. The molecule has 12 heteroatoms. The van der Waals surface area contributed by atoms with Gasteiger partial charge in [0.1, 0.15) is 0 Å². The van der Waals surface area contributed by atoms with Gasteiger partial charge in [0.05, 0.1) is 20.3 Å².